The molecule has 0 rings (SSSR count). The topological polar surface area (TPSA) is 54.4 Å². The molecule has 0 amide bonds. The third kappa shape index (κ3) is 2.34. The number of thiol groups is 1. The fourth-order valence-corrected chi connectivity index (χ4v) is 0.447. The molecule has 0 aromatic carbocycles. The molecule has 0 heterocycles. The van der Waals surface area contributed by atoms with E-state index in [1.165, 1.54) is 13.0 Å². The summed E-state index contributed by atoms with van der Waals surface area (Å²) in [5.74, 6) is 0. The van der Waals surface area contributed by atoms with Crippen molar-refractivity contribution < 1.29 is 13.0 Å². The Bertz CT molecular complexity index is 189. The van der Waals surface area contributed by atoms with E-state index >= 15 is 0 Å². The van der Waals surface area contributed by atoms with Crippen molar-refractivity contribution in [3.05, 3.63) is 10.3 Å². The molecule has 5 heteroatoms. The van der Waals surface area contributed by atoms with Gasteiger partial charge in [0.15, 0.2) is 0 Å². The van der Waals surface area contributed by atoms with E-state index in [4.69, 9.17) is 4.55 Å². The van der Waals surface area contributed by atoms with Gasteiger partial charge in [-0.3, -0.25) is 4.55 Å². The molecule has 48 valence electrons. The second kappa shape index (κ2) is 2.52. The highest BCUT2D eigenvalue weighted by molar-refractivity contribution is 8.07. The van der Waals surface area contributed by atoms with Gasteiger partial charge in [-0.1, -0.05) is 6.08 Å². The van der Waals surface area contributed by atoms with Crippen LogP contribution in [0.15, 0.2) is 10.3 Å². The molecule has 0 bridgehead atoms. The highest BCUT2D eigenvalue weighted by Crippen LogP contribution is 2.06. The second-order valence-electron chi connectivity index (χ2n) is 1.10. The predicted octanol–water partition coefficient (Wildman–Crippen LogP) is 0.665. The first kappa shape index (κ1) is 8.00. The smallest absolute Gasteiger partial charge is 0.281 e. The SMILES string of the molecule is CC=C(S)S(=O)(=O)O. The monoisotopic (exact) mass is 154 g/mol. The maximum absolute atomic E-state index is 9.97. The van der Waals surface area contributed by atoms with Crippen molar-refractivity contribution in [2.75, 3.05) is 0 Å². The van der Waals surface area contributed by atoms with Crippen LogP contribution in [0, 0.1) is 0 Å². The van der Waals surface area contributed by atoms with Gasteiger partial charge in [0.1, 0.15) is 4.24 Å². The minimum Gasteiger partial charge on any atom is -0.281 e. The van der Waals surface area contributed by atoms with E-state index in [1.54, 1.807) is 0 Å². The molecule has 0 radical (unpaired) electrons. The quantitative estimate of drug-likeness (QED) is 0.431. The zero-order chi connectivity index (χ0) is 6.78. The molecule has 0 saturated heterocycles. The number of allylic oxidation sites excluding steroid dienone is 1. The van der Waals surface area contributed by atoms with Gasteiger partial charge >= 0.3 is 0 Å². The molecule has 0 aromatic heterocycles. The normalized spacial score (nSPS) is 14.1. The summed E-state index contributed by atoms with van der Waals surface area (Å²) < 4.78 is 27.7. The van der Waals surface area contributed by atoms with Crippen LogP contribution in [0.4, 0.5) is 0 Å². The summed E-state index contributed by atoms with van der Waals surface area (Å²) in [6.07, 6.45) is 1.19. The van der Waals surface area contributed by atoms with Crippen LogP contribution in [0.1, 0.15) is 6.92 Å². The van der Waals surface area contributed by atoms with Gasteiger partial charge in [0.05, 0.1) is 0 Å². The lowest BCUT2D eigenvalue weighted by molar-refractivity contribution is 0.493. The molecule has 0 unspecified atom stereocenters. The van der Waals surface area contributed by atoms with Crippen LogP contribution >= 0.6 is 12.6 Å². The minimum atomic E-state index is -4.03. The average molecular weight is 154 g/mol. The Balaban J connectivity index is 4.55. The van der Waals surface area contributed by atoms with E-state index in [-0.39, 0.29) is 4.24 Å². The lowest BCUT2D eigenvalue weighted by Crippen LogP contribution is -1.94. The molecule has 0 aliphatic carbocycles. The lowest BCUT2D eigenvalue weighted by atomic mass is 10.8. The van der Waals surface area contributed by atoms with E-state index in [0.717, 1.165) is 0 Å². The van der Waals surface area contributed by atoms with Gasteiger partial charge in [0.25, 0.3) is 10.1 Å². The van der Waals surface area contributed by atoms with E-state index in [1.807, 2.05) is 0 Å². The summed E-state index contributed by atoms with van der Waals surface area (Å²) in [5, 5.41) is 0. The zero-order valence-electron chi connectivity index (χ0n) is 4.20. The summed E-state index contributed by atoms with van der Waals surface area (Å²) in [6, 6.07) is 0. The Morgan fingerprint density at radius 1 is 1.75 bits per heavy atom. The second-order valence-corrected chi connectivity index (χ2v) is 3.28. The van der Waals surface area contributed by atoms with Gasteiger partial charge in [0, 0.05) is 0 Å². The van der Waals surface area contributed by atoms with Crippen LogP contribution in [-0.2, 0) is 10.1 Å². The summed E-state index contributed by atoms with van der Waals surface area (Å²) >= 11 is 3.43. The summed E-state index contributed by atoms with van der Waals surface area (Å²) in [5.41, 5.74) is 0. The van der Waals surface area contributed by atoms with E-state index in [2.05, 4.69) is 12.6 Å². The summed E-state index contributed by atoms with van der Waals surface area (Å²) in [4.78, 5) is 0. The largest absolute Gasteiger partial charge is 0.300 e. The third-order valence-corrected chi connectivity index (χ3v) is 2.23. The van der Waals surface area contributed by atoms with E-state index in [9.17, 15) is 8.42 Å². The van der Waals surface area contributed by atoms with E-state index < -0.39 is 10.1 Å². The maximum atomic E-state index is 9.97. The molecule has 0 aliphatic rings. The van der Waals surface area contributed by atoms with Gasteiger partial charge < -0.3 is 0 Å². The van der Waals surface area contributed by atoms with Gasteiger partial charge in [-0.05, 0) is 6.92 Å². The molecule has 0 fully saturated rings. The van der Waals surface area contributed by atoms with Crippen LogP contribution in [0.25, 0.3) is 0 Å². The fraction of sp³-hybridized carbons (Fsp3) is 0.333. The van der Waals surface area contributed by atoms with Gasteiger partial charge in [0.2, 0.25) is 0 Å². The first-order valence-corrected chi connectivity index (χ1v) is 3.70. The van der Waals surface area contributed by atoms with Crippen molar-refractivity contribution in [3.8, 4) is 0 Å². The zero-order valence-corrected chi connectivity index (χ0v) is 5.91. The summed E-state index contributed by atoms with van der Waals surface area (Å²) in [6.45, 7) is 1.47. The van der Waals surface area contributed by atoms with Gasteiger partial charge in [-0.15, -0.1) is 12.6 Å². The molecule has 1 N–H and O–H groups in total. The summed E-state index contributed by atoms with van der Waals surface area (Å²) in [7, 11) is -4.03. The highest BCUT2D eigenvalue weighted by atomic mass is 32.3. The van der Waals surface area contributed by atoms with Crippen molar-refractivity contribution in [1.82, 2.24) is 0 Å². The number of hydrogen-bond acceptors (Lipinski definition) is 3. The standard InChI is InChI=1S/C3H6O3S2/c1-2-3(7)8(4,5)6/h2,7H,1H3,(H,4,5,6). The van der Waals surface area contributed by atoms with Crippen LogP contribution in [0.2, 0.25) is 0 Å². The lowest BCUT2D eigenvalue weighted by Gasteiger charge is -1.88. The predicted molar refractivity (Wildman–Crippen MR) is 34.3 cm³/mol. The van der Waals surface area contributed by atoms with Crippen molar-refractivity contribution in [2.24, 2.45) is 0 Å². The van der Waals surface area contributed by atoms with Crippen molar-refractivity contribution in [1.29, 1.82) is 0 Å². The number of rotatable bonds is 1. The molecule has 0 atom stereocenters. The van der Waals surface area contributed by atoms with Crippen LogP contribution < -0.4 is 0 Å². The van der Waals surface area contributed by atoms with Crippen molar-refractivity contribution in [2.45, 2.75) is 6.92 Å². The van der Waals surface area contributed by atoms with Gasteiger partial charge in [-0.25, -0.2) is 0 Å². The molecule has 0 aliphatic heterocycles. The molecule has 0 spiro atoms. The van der Waals surface area contributed by atoms with Crippen LogP contribution in [-0.4, -0.2) is 13.0 Å². The first-order valence-electron chi connectivity index (χ1n) is 1.81. The molecule has 3 nitrogen and oxygen atoms in total. The van der Waals surface area contributed by atoms with Crippen LogP contribution in [0.5, 0.6) is 0 Å². The molecule has 0 saturated carbocycles. The van der Waals surface area contributed by atoms with Gasteiger partial charge in [-0.2, -0.15) is 8.42 Å². The maximum Gasteiger partial charge on any atom is 0.300 e. The molecular formula is C3H6O3S2. The Labute approximate surface area is 53.6 Å². The van der Waals surface area contributed by atoms with Crippen molar-refractivity contribution in [3.63, 3.8) is 0 Å². The van der Waals surface area contributed by atoms with Crippen LogP contribution in [0.3, 0.4) is 0 Å². The molecular weight excluding hydrogens is 148 g/mol. The number of hydrogen-bond donors (Lipinski definition) is 2. The Morgan fingerprint density at radius 3 is 2.12 bits per heavy atom. The Kier molecular flexibility index (Phi) is 2.52. The Morgan fingerprint density at radius 2 is 2.12 bits per heavy atom. The molecule has 0 aromatic rings. The average Bonchev–Trinajstić information content (AvgIpc) is 1.62. The third-order valence-electron chi connectivity index (χ3n) is 0.511. The van der Waals surface area contributed by atoms with Crippen molar-refractivity contribution >= 4 is 22.7 Å². The minimum absolute atomic E-state index is 0.322. The van der Waals surface area contributed by atoms with E-state index in [0.29, 0.717) is 0 Å². The molecule has 8 heavy (non-hydrogen) atoms. The Hall–Kier alpha value is -0.0000000000000000763. The highest BCUT2D eigenvalue weighted by Gasteiger charge is 2.05. The fourth-order valence-electron chi connectivity index (χ4n) is 0.149. The first-order chi connectivity index (χ1) is 3.48.